The van der Waals surface area contributed by atoms with Crippen LogP contribution in [0.5, 0.6) is 0 Å². The van der Waals surface area contributed by atoms with Crippen molar-refractivity contribution < 1.29 is 9.18 Å². The summed E-state index contributed by atoms with van der Waals surface area (Å²) in [7, 11) is 0. The van der Waals surface area contributed by atoms with Gasteiger partial charge in [0.15, 0.2) is 0 Å². The quantitative estimate of drug-likeness (QED) is 0.842. The normalized spacial score (nSPS) is 11.7. The summed E-state index contributed by atoms with van der Waals surface area (Å²) in [6.45, 7) is 4.18. The molecule has 0 aromatic heterocycles. The van der Waals surface area contributed by atoms with Gasteiger partial charge in [0.05, 0.1) is 17.6 Å². The average molecular weight is 269 g/mol. The zero-order chi connectivity index (χ0) is 13.7. The first kappa shape index (κ1) is 14.5. The third kappa shape index (κ3) is 3.44. The fraction of sp³-hybridized carbons (Fsp3) is 0.385. The lowest BCUT2D eigenvalue weighted by molar-refractivity contribution is 0.0748. The summed E-state index contributed by atoms with van der Waals surface area (Å²) >= 11 is 5.75. The fourth-order valence-electron chi connectivity index (χ4n) is 1.56. The van der Waals surface area contributed by atoms with Gasteiger partial charge in [-0.1, -0.05) is 11.6 Å². The highest BCUT2D eigenvalue weighted by atomic mass is 35.5. The maximum Gasteiger partial charge on any atom is 0.256 e. The number of rotatable bonds is 4. The van der Waals surface area contributed by atoms with Crippen LogP contribution in [-0.4, -0.2) is 23.9 Å². The SMILES string of the molecule is CCN(C[C@H](C)C#N)C(=O)c1cc(Cl)ccc1F. The number of carbonyl (C=O) groups is 1. The average Bonchev–Trinajstić information content (AvgIpc) is 2.37. The standard InChI is InChI=1S/C13H14ClFN2O/c1-3-17(8-9(2)7-16)13(18)11-6-10(14)4-5-12(11)15/h4-6,9H,3,8H2,1-2H3/t9-/m1/s1. The number of hydrogen-bond acceptors (Lipinski definition) is 2. The third-order valence-corrected chi connectivity index (χ3v) is 2.78. The minimum Gasteiger partial charge on any atom is -0.338 e. The van der Waals surface area contributed by atoms with Crippen molar-refractivity contribution in [1.82, 2.24) is 4.90 Å². The van der Waals surface area contributed by atoms with Gasteiger partial charge < -0.3 is 4.90 Å². The molecule has 1 rings (SSSR count). The molecule has 0 aliphatic heterocycles. The molecule has 18 heavy (non-hydrogen) atoms. The number of carbonyl (C=O) groups excluding carboxylic acids is 1. The van der Waals surface area contributed by atoms with E-state index in [-0.39, 0.29) is 18.0 Å². The van der Waals surface area contributed by atoms with Crippen LogP contribution < -0.4 is 0 Å². The van der Waals surface area contributed by atoms with Crippen molar-refractivity contribution in [2.75, 3.05) is 13.1 Å². The smallest absolute Gasteiger partial charge is 0.256 e. The fourth-order valence-corrected chi connectivity index (χ4v) is 1.73. The van der Waals surface area contributed by atoms with Gasteiger partial charge in [0, 0.05) is 18.1 Å². The van der Waals surface area contributed by atoms with Crippen molar-refractivity contribution in [3.05, 3.63) is 34.6 Å². The summed E-state index contributed by atoms with van der Waals surface area (Å²) in [6, 6.07) is 5.91. The molecule has 0 saturated heterocycles. The Bertz CT molecular complexity index is 484. The van der Waals surface area contributed by atoms with Crippen LogP contribution in [0.1, 0.15) is 24.2 Å². The van der Waals surface area contributed by atoms with Crippen LogP contribution in [0.2, 0.25) is 5.02 Å². The number of halogens is 2. The van der Waals surface area contributed by atoms with Crippen molar-refractivity contribution in [2.24, 2.45) is 5.92 Å². The second-order valence-electron chi connectivity index (χ2n) is 4.00. The summed E-state index contributed by atoms with van der Waals surface area (Å²) < 4.78 is 13.6. The lowest BCUT2D eigenvalue weighted by atomic mass is 10.1. The summed E-state index contributed by atoms with van der Waals surface area (Å²) in [6.07, 6.45) is 0. The minimum absolute atomic E-state index is 0.0607. The van der Waals surface area contributed by atoms with Crippen molar-refractivity contribution in [3.63, 3.8) is 0 Å². The Labute approximate surface area is 111 Å². The molecule has 0 bridgehead atoms. The molecular formula is C13H14ClFN2O. The van der Waals surface area contributed by atoms with Gasteiger partial charge in [0.2, 0.25) is 0 Å². The number of hydrogen-bond donors (Lipinski definition) is 0. The molecule has 1 aromatic rings. The van der Waals surface area contributed by atoms with E-state index >= 15 is 0 Å². The predicted molar refractivity (Wildman–Crippen MR) is 67.8 cm³/mol. The van der Waals surface area contributed by atoms with E-state index in [1.807, 2.05) is 6.07 Å². The van der Waals surface area contributed by atoms with Crippen molar-refractivity contribution in [3.8, 4) is 6.07 Å². The molecule has 0 unspecified atom stereocenters. The highest BCUT2D eigenvalue weighted by molar-refractivity contribution is 6.30. The van der Waals surface area contributed by atoms with Gasteiger partial charge >= 0.3 is 0 Å². The van der Waals surface area contributed by atoms with E-state index in [2.05, 4.69) is 0 Å². The summed E-state index contributed by atoms with van der Waals surface area (Å²) in [4.78, 5) is 13.6. The van der Waals surface area contributed by atoms with Crippen molar-refractivity contribution >= 4 is 17.5 Å². The summed E-state index contributed by atoms with van der Waals surface area (Å²) in [5.41, 5.74) is -0.0607. The van der Waals surface area contributed by atoms with E-state index in [0.717, 1.165) is 6.07 Å². The maximum atomic E-state index is 13.6. The van der Waals surface area contributed by atoms with E-state index in [0.29, 0.717) is 11.6 Å². The van der Waals surface area contributed by atoms with Gasteiger partial charge in [-0.2, -0.15) is 5.26 Å². The van der Waals surface area contributed by atoms with Crippen LogP contribution in [-0.2, 0) is 0 Å². The van der Waals surface area contributed by atoms with E-state index < -0.39 is 11.7 Å². The predicted octanol–water partition coefficient (Wildman–Crippen LogP) is 3.10. The minimum atomic E-state index is -0.604. The van der Waals surface area contributed by atoms with Crippen LogP contribution in [0.4, 0.5) is 4.39 Å². The number of nitriles is 1. The van der Waals surface area contributed by atoms with Gasteiger partial charge in [-0.15, -0.1) is 0 Å². The van der Waals surface area contributed by atoms with E-state index in [4.69, 9.17) is 16.9 Å². The molecule has 0 heterocycles. The molecule has 0 radical (unpaired) electrons. The maximum absolute atomic E-state index is 13.6. The van der Waals surface area contributed by atoms with Crippen LogP contribution in [0, 0.1) is 23.1 Å². The first-order valence-corrected chi connectivity index (χ1v) is 6.01. The third-order valence-electron chi connectivity index (χ3n) is 2.54. The van der Waals surface area contributed by atoms with Crippen LogP contribution in [0.25, 0.3) is 0 Å². The van der Waals surface area contributed by atoms with Crippen LogP contribution in [0.3, 0.4) is 0 Å². The molecule has 1 atom stereocenters. The number of benzene rings is 1. The van der Waals surface area contributed by atoms with Gasteiger partial charge in [-0.05, 0) is 32.0 Å². The van der Waals surface area contributed by atoms with Gasteiger partial charge in [0.1, 0.15) is 5.82 Å². The molecule has 1 aromatic carbocycles. The topological polar surface area (TPSA) is 44.1 Å². The first-order valence-electron chi connectivity index (χ1n) is 5.63. The van der Waals surface area contributed by atoms with Crippen LogP contribution in [0.15, 0.2) is 18.2 Å². The van der Waals surface area contributed by atoms with E-state index in [1.54, 1.807) is 13.8 Å². The first-order chi connectivity index (χ1) is 8.49. The molecule has 0 spiro atoms. The number of amides is 1. The molecule has 1 amide bonds. The molecule has 5 heteroatoms. The Morgan fingerprint density at radius 1 is 1.61 bits per heavy atom. The van der Waals surface area contributed by atoms with E-state index in [1.165, 1.54) is 17.0 Å². The lowest BCUT2D eigenvalue weighted by Crippen LogP contribution is -2.34. The summed E-state index contributed by atoms with van der Waals surface area (Å²) in [5.74, 6) is -1.34. The Hall–Kier alpha value is -1.60. The Morgan fingerprint density at radius 3 is 2.83 bits per heavy atom. The monoisotopic (exact) mass is 268 g/mol. The largest absolute Gasteiger partial charge is 0.338 e. The second-order valence-corrected chi connectivity index (χ2v) is 4.43. The highest BCUT2D eigenvalue weighted by Crippen LogP contribution is 2.17. The molecule has 0 aliphatic rings. The van der Waals surface area contributed by atoms with Crippen molar-refractivity contribution in [1.29, 1.82) is 5.26 Å². The van der Waals surface area contributed by atoms with Crippen molar-refractivity contribution in [2.45, 2.75) is 13.8 Å². The van der Waals surface area contributed by atoms with Gasteiger partial charge in [-0.3, -0.25) is 4.79 Å². The Kier molecular flexibility index (Phi) is 5.11. The molecule has 0 N–H and O–H groups in total. The highest BCUT2D eigenvalue weighted by Gasteiger charge is 2.20. The molecule has 96 valence electrons. The Morgan fingerprint density at radius 2 is 2.28 bits per heavy atom. The van der Waals surface area contributed by atoms with Crippen LogP contribution >= 0.6 is 11.6 Å². The molecule has 0 fully saturated rings. The zero-order valence-corrected chi connectivity index (χ0v) is 11.0. The number of nitrogens with zero attached hydrogens (tertiary/aromatic N) is 2. The zero-order valence-electron chi connectivity index (χ0n) is 10.3. The van der Waals surface area contributed by atoms with E-state index in [9.17, 15) is 9.18 Å². The molecule has 0 aliphatic carbocycles. The summed E-state index contributed by atoms with van der Waals surface area (Å²) in [5, 5.41) is 9.06. The Balaban J connectivity index is 2.97. The lowest BCUT2D eigenvalue weighted by Gasteiger charge is -2.22. The molecular weight excluding hydrogens is 255 g/mol. The van der Waals surface area contributed by atoms with Gasteiger partial charge in [0.25, 0.3) is 5.91 Å². The van der Waals surface area contributed by atoms with Gasteiger partial charge in [-0.25, -0.2) is 4.39 Å². The second kappa shape index (κ2) is 6.36. The molecule has 0 saturated carbocycles. The molecule has 3 nitrogen and oxygen atoms in total.